The molecule has 0 radical (unpaired) electrons. The highest BCUT2D eigenvalue weighted by atomic mass is 19.4. The van der Waals surface area contributed by atoms with Gasteiger partial charge in [0.25, 0.3) is 5.56 Å². The van der Waals surface area contributed by atoms with Crippen LogP contribution in [0.1, 0.15) is 19.5 Å². The van der Waals surface area contributed by atoms with Crippen LogP contribution in [0.15, 0.2) is 10.9 Å². The van der Waals surface area contributed by atoms with E-state index in [0.717, 1.165) is 31.2 Å². The lowest BCUT2D eigenvalue weighted by Gasteiger charge is -2.32. The first kappa shape index (κ1) is 17.5. The topological polar surface area (TPSA) is 47.4 Å². The number of halogens is 3. The highest BCUT2D eigenvalue weighted by molar-refractivity contribution is 5.33. The Morgan fingerprint density at radius 1 is 1.48 bits per heavy atom. The van der Waals surface area contributed by atoms with Crippen LogP contribution in [0, 0.1) is 0 Å². The molecule has 120 valence electrons. The van der Waals surface area contributed by atoms with Crippen molar-refractivity contribution in [3.63, 3.8) is 0 Å². The SMILES string of the molecule is CCc1cc(=O)n(C)c(N2CCOC(C)C2)n1.FC(F)F. The third kappa shape index (κ3) is 5.37. The van der Waals surface area contributed by atoms with Gasteiger partial charge in [0, 0.05) is 31.9 Å². The van der Waals surface area contributed by atoms with Gasteiger partial charge in [0.1, 0.15) is 0 Å². The Hall–Kier alpha value is -1.57. The van der Waals surface area contributed by atoms with Gasteiger partial charge < -0.3 is 9.64 Å². The Balaban J connectivity index is 0.000000491. The van der Waals surface area contributed by atoms with Crippen molar-refractivity contribution < 1.29 is 17.9 Å². The Labute approximate surface area is 121 Å². The average Bonchev–Trinajstić information content (AvgIpc) is 2.41. The Kier molecular flexibility index (Phi) is 6.67. The lowest BCUT2D eigenvalue weighted by atomic mass is 10.3. The molecule has 0 N–H and O–H groups in total. The Bertz CT molecular complexity index is 505. The molecule has 1 aliphatic rings. The zero-order valence-corrected chi connectivity index (χ0v) is 12.4. The number of hydrogen-bond acceptors (Lipinski definition) is 4. The van der Waals surface area contributed by atoms with E-state index in [4.69, 9.17) is 4.74 Å². The third-order valence-electron chi connectivity index (χ3n) is 3.05. The van der Waals surface area contributed by atoms with Crippen LogP contribution in [0.2, 0.25) is 0 Å². The van der Waals surface area contributed by atoms with Gasteiger partial charge in [0.05, 0.1) is 12.7 Å². The maximum absolute atomic E-state index is 11.8. The standard InChI is InChI=1S/C12H19N3O2.CHF3/c1-4-10-7-11(16)14(3)12(13-10)15-5-6-17-9(2)8-15;2-1(3)4/h7,9H,4-6,8H2,1-3H3;1H. The van der Waals surface area contributed by atoms with Crippen molar-refractivity contribution in [2.45, 2.75) is 33.1 Å². The molecule has 0 spiro atoms. The van der Waals surface area contributed by atoms with Gasteiger partial charge in [-0.05, 0) is 13.3 Å². The second-order valence-electron chi connectivity index (χ2n) is 4.67. The third-order valence-corrected chi connectivity index (χ3v) is 3.05. The summed E-state index contributed by atoms with van der Waals surface area (Å²) in [5.74, 6) is 0.754. The van der Waals surface area contributed by atoms with E-state index >= 15 is 0 Å². The minimum absolute atomic E-state index is 0.00555. The predicted octanol–water partition coefficient (Wildman–Crippen LogP) is 1.75. The van der Waals surface area contributed by atoms with Gasteiger partial charge in [-0.3, -0.25) is 9.36 Å². The van der Waals surface area contributed by atoms with Gasteiger partial charge in [0.15, 0.2) is 0 Å². The van der Waals surface area contributed by atoms with Crippen molar-refractivity contribution in [3.05, 3.63) is 22.1 Å². The van der Waals surface area contributed by atoms with E-state index < -0.39 is 6.68 Å². The molecule has 1 fully saturated rings. The zero-order valence-electron chi connectivity index (χ0n) is 12.4. The smallest absolute Gasteiger partial charge is 0.375 e. The molecule has 0 amide bonds. The molecule has 5 nitrogen and oxygen atoms in total. The molecule has 1 aromatic heterocycles. The molecule has 0 bridgehead atoms. The molecule has 0 aliphatic carbocycles. The number of rotatable bonds is 2. The van der Waals surface area contributed by atoms with E-state index in [1.165, 1.54) is 0 Å². The molecule has 21 heavy (non-hydrogen) atoms. The molecule has 2 heterocycles. The summed E-state index contributed by atoms with van der Waals surface area (Å²) < 4.78 is 36.1. The molecule has 0 aromatic carbocycles. The highest BCUT2D eigenvalue weighted by Crippen LogP contribution is 2.13. The number of aromatic nitrogens is 2. The van der Waals surface area contributed by atoms with Crippen LogP contribution in [0.25, 0.3) is 0 Å². The van der Waals surface area contributed by atoms with Crippen molar-refractivity contribution in [2.24, 2.45) is 7.05 Å². The monoisotopic (exact) mass is 307 g/mol. The molecule has 1 aromatic rings. The first-order chi connectivity index (χ1) is 9.85. The van der Waals surface area contributed by atoms with Crippen LogP contribution in [-0.4, -0.2) is 42.0 Å². The maximum atomic E-state index is 11.8. The summed E-state index contributed by atoms with van der Waals surface area (Å²) >= 11 is 0. The largest absolute Gasteiger partial charge is 0.379 e. The average molecular weight is 307 g/mol. The fourth-order valence-corrected chi connectivity index (χ4v) is 2.04. The molecule has 1 aliphatic heterocycles. The number of morpholine rings is 1. The van der Waals surface area contributed by atoms with Gasteiger partial charge >= 0.3 is 6.68 Å². The first-order valence-electron chi connectivity index (χ1n) is 6.70. The fraction of sp³-hybridized carbons (Fsp3) is 0.692. The molecular weight excluding hydrogens is 287 g/mol. The van der Waals surface area contributed by atoms with Gasteiger partial charge in [-0.15, -0.1) is 0 Å². The van der Waals surface area contributed by atoms with E-state index in [2.05, 4.69) is 9.88 Å². The van der Waals surface area contributed by atoms with Crippen LogP contribution >= 0.6 is 0 Å². The summed E-state index contributed by atoms with van der Waals surface area (Å²) in [5, 5.41) is 0. The molecule has 1 unspecified atom stereocenters. The first-order valence-corrected chi connectivity index (χ1v) is 6.70. The summed E-state index contributed by atoms with van der Waals surface area (Å²) in [7, 11) is 1.77. The van der Waals surface area contributed by atoms with E-state index in [1.54, 1.807) is 17.7 Å². The minimum atomic E-state index is -3.67. The van der Waals surface area contributed by atoms with Crippen molar-refractivity contribution in [1.29, 1.82) is 0 Å². The van der Waals surface area contributed by atoms with Crippen molar-refractivity contribution in [3.8, 4) is 0 Å². The predicted molar refractivity (Wildman–Crippen MR) is 73.6 cm³/mol. The van der Waals surface area contributed by atoms with Crippen molar-refractivity contribution in [2.75, 3.05) is 24.6 Å². The fourth-order valence-electron chi connectivity index (χ4n) is 2.04. The normalized spacial score (nSPS) is 18.4. The molecule has 8 heteroatoms. The van der Waals surface area contributed by atoms with Crippen LogP contribution in [0.3, 0.4) is 0 Å². The van der Waals surface area contributed by atoms with E-state index in [1.807, 2.05) is 13.8 Å². The number of aryl methyl sites for hydroxylation is 1. The second-order valence-corrected chi connectivity index (χ2v) is 4.67. The lowest BCUT2D eigenvalue weighted by molar-refractivity contribution is 0.00819. The lowest BCUT2D eigenvalue weighted by Crippen LogP contribution is -2.44. The molecular formula is C13H20F3N3O2. The molecule has 0 saturated carbocycles. The quantitative estimate of drug-likeness (QED) is 0.835. The van der Waals surface area contributed by atoms with E-state index in [9.17, 15) is 18.0 Å². The van der Waals surface area contributed by atoms with E-state index in [-0.39, 0.29) is 11.7 Å². The zero-order chi connectivity index (χ0) is 16.0. The summed E-state index contributed by atoms with van der Waals surface area (Å²) in [4.78, 5) is 18.5. The van der Waals surface area contributed by atoms with Gasteiger partial charge in [0.2, 0.25) is 5.95 Å². The maximum Gasteiger partial charge on any atom is 0.379 e. The summed E-state index contributed by atoms with van der Waals surface area (Å²) in [5.41, 5.74) is 0.855. The number of alkyl halides is 3. The number of anilines is 1. The van der Waals surface area contributed by atoms with Gasteiger partial charge in [-0.1, -0.05) is 6.92 Å². The molecule has 2 rings (SSSR count). The summed E-state index contributed by atoms with van der Waals surface area (Å²) in [6.07, 6.45) is 0.967. The number of hydrogen-bond donors (Lipinski definition) is 0. The molecule has 1 saturated heterocycles. The summed E-state index contributed by atoms with van der Waals surface area (Å²) in [6.45, 7) is 2.64. The Morgan fingerprint density at radius 3 is 2.62 bits per heavy atom. The minimum Gasteiger partial charge on any atom is -0.375 e. The van der Waals surface area contributed by atoms with Crippen LogP contribution in [-0.2, 0) is 18.2 Å². The molecule has 1 atom stereocenters. The van der Waals surface area contributed by atoms with Gasteiger partial charge in [-0.25, -0.2) is 4.98 Å². The van der Waals surface area contributed by atoms with Crippen LogP contribution in [0.4, 0.5) is 19.1 Å². The van der Waals surface area contributed by atoms with E-state index in [0.29, 0.717) is 6.61 Å². The summed E-state index contributed by atoms with van der Waals surface area (Å²) in [6, 6.07) is 1.60. The van der Waals surface area contributed by atoms with Crippen LogP contribution < -0.4 is 10.5 Å². The van der Waals surface area contributed by atoms with Crippen LogP contribution in [0.5, 0.6) is 0 Å². The van der Waals surface area contributed by atoms with Gasteiger partial charge in [-0.2, -0.15) is 13.2 Å². The Morgan fingerprint density at radius 2 is 2.10 bits per heavy atom. The van der Waals surface area contributed by atoms with Crippen molar-refractivity contribution in [1.82, 2.24) is 9.55 Å². The number of nitrogens with zero attached hydrogens (tertiary/aromatic N) is 3. The van der Waals surface area contributed by atoms with Crippen molar-refractivity contribution >= 4 is 5.95 Å². The second kappa shape index (κ2) is 8.02. The highest BCUT2D eigenvalue weighted by Gasteiger charge is 2.20. The number of ether oxygens (including phenoxy) is 1.